The van der Waals surface area contributed by atoms with Gasteiger partial charge in [-0.05, 0) is 29.8 Å². The van der Waals surface area contributed by atoms with Crippen molar-refractivity contribution in [2.24, 2.45) is 4.99 Å². The van der Waals surface area contributed by atoms with E-state index in [1.165, 1.54) is 12.1 Å². The number of guanidine groups is 1. The molecule has 0 atom stereocenters. The van der Waals surface area contributed by atoms with Gasteiger partial charge in [0.15, 0.2) is 17.5 Å². The van der Waals surface area contributed by atoms with Gasteiger partial charge in [0, 0.05) is 26.7 Å². The molecule has 6 nitrogen and oxygen atoms in total. The van der Waals surface area contributed by atoms with Gasteiger partial charge >= 0.3 is 0 Å². The largest absolute Gasteiger partial charge is 0.492 e. The number of hydrogen-bond donors (Lipinski definition) is 1. The van der Waals surface area contributed by atoms with E-state index in [4.69, 9.17) is 14.2 Å². The van der Waals surface area contributed by atoms with Gasteiger partial charge in [0.2, 0.25) is 6.79 Å². The number of aliphatic imine (C=N–C) groups is 1. The fraction of sp³-hybridized carbons (Fsp3) is 0.316. The third kappa shape index (κ3) is 5.88. The van der Waals surface area contributed by atoms with Crippen LogP contribution in [-0.2, 0) is 6.54 Å². The Morgan fingerprint density at radius 2 is 1.93 bits per heavy atom. The van der Waals surface area contributed by atoms with Crippen LogP contribution in [0.5, 0.6) is 17.2 Å². The molecule has 0 amide bonds. The molecule has 1 N–H and O–H groups in total. The molecule has 8 heteroatoms. The molecule has 0 fully saturated rings. The van der Waals surface area contributed by atoms with Crippen molar-refractivity contribution in [3.05, 3.63) is 53.8 Å². The Labute approximate surface area is 175 Å². The predicted molar refractivity (Wildman–Crippen MR) is 113 cm³/mol. The molecule has 0 saturated carbocycles. The first-order valence-electron chi connectivity index (χ1n) is 8.34. The average Bonchev–Trinajstić information content (AvgIpc) is 3.11. The molecule has 0 spiro atoms. The summed E-state index contributed by atoms with van der Waals surface area (Å²) < 4.78 is 29.3. The minimum Gasteiger partial charge on any atom is -0.492 e. The SMILES string of the molecule is CN=C(NCCOc1ccc2c(c1)OCO2)N(C)Cc1ccc(F)cc1.I. The van der Waals surface area contributed by atoms with Crippen LogP contribution in [0.2, 0.25) is 0 Å². The Morgan fingerprint density at radius 1 is 1.19 bits per heavy atom. The molecular weight excluding hydrogens is 464 g/mol. The van der Waals surface area contributed by atoms with Crippen LogP contribution in [-0.4, -0.2) is 44.9 Å². The summed E-state index contributed by atoms with van der Waals surface area (Å²) in [5.41, 5.74) is 1.01. The maximum Gasteiger partial charge on any atom is 0.231 e. The summed E-state index contributed by atoms with van der Waals surface area (Å²) in [4.78, 5) is 6.22. The van der Waals surface area contributed by atoms with E-state index in [0.29, 0.717) is 25.4 Å². The number of nitrogens with one attached hydrogen (secondary N) is 1. The van der Waals surface area contributed by atoms with E-state index >= 15 is 0 Å². The zero-order chi connectivity index (χ0) is 18.4. The van der Waals surface area contributed by atoms with Gasteiger partial charge in [-0.2, -0.15) is 0 Å². The Morgan fingerprint density at radius 3 is 2.67 bits per heavy atom. The van der Waals surface area contributed by atoms with Crippen LogP contribution in [0.1, 0.15) is 5.56 Å². The molecule has 0 bridgehead atoms. The molecule has 3 rings (SSSR count). The van der Waals surface area contributed by atoms with Crippen molar-refractivity contribution in [1.29, 1.82) is 0 Å². The fourth-order valence-electron chi connectivity index (χ4n) is 2.62. The van der Waals surface area contributed by atoms with E-state index in [9.17, 15) is 4.39 Å². The molecule has 1 aliphatic rings. The lowest BCUT2D eigenvalue weighted by Gasteiger charge is -2.22. The summed E-state index contributed by atoms with van der Waals surface area (Å²) >= 11 is 0. The number of halogens is 2. The number of rotatable bonds is 6. The van der Waals surface area contributed by atoms with Crippen LogP contribution in [0, 0.1) is 5.82 Å². The molecule has 0 radical (unpaired) electrons. The number of benzene rings is 2. The van der Waals surface area contributed by atoms with Crippen LogP contribution in [0.25, 0.3) is 0 Å². The standard InChI is InChI=1S/C19H22FN3O3.HI/c1-21-19(23(2)12-14-3-5-15(20)6-4-14)22-9-10-24-16-7-8-17-18(11-16)26-13-25-17;/h3-8,11H,9-10,12-13H2,1-2H3,(H,21,22);1H. The van der Waals surface area contributed by atoms with Gasteiger partial charge in [-0.1, -0.05) is 12.1 Å². The van der Waals surface area contributed by atoms with Gasteiger partial charge in [0.05, 0.1) is 6.54 Å². The highest BCUT2D eigenvalue weighted by atomic mass is 127. The Bertz CT molecular complexity index is 771. The van der Waals surface area contributed by atoms with Crippen molar-refractivity contribution in [3.8, 4) is 17.2 Å². The smallest absolute Gasteiger partial charge is 0.231 e. The molecular formula is C19H23FIN3O3. The van der Waals surface area contributed by atoms with Gasteiger partial charge < -0.3 is 24.4 Å². The fourth-order valence-corrected chi connectivity index (χ4v) is 2.62. The minimum absolute atomic E-state index is 0. The Kier molecular flexibility index (Phi) is 7.96. The molecule has 1 heterocycles. The van der Waals surface area contributed by atoms with E-state index in [0.717, 1.165) is 23.0 Å². The first kappa shape index (κ1) is 21.1. The quantitative estimate of drug-likeness (QED) is 0.294. The molecule has 0 aliphatic carbocycles. The highest BCUT2D eigenvalue weighted by molar-refractivity contribution is 14.0. The second-order valence-electron chi connectivity index (χ2n) is 5.82. The summed E-state index contributed by atoms with van der Waals surface area (Å²) in [6, 6.07) is 11.9. The monoisotopic (exact) mass is 487 g/mol. The van der Waals surface area contributed by atoms with E-state index in [2.05, 4.69) is 10.3 Å². The first-order valence-corrected chi connectivity index (χ1v) is 8.34. The van der Waals surface area contributed by atoms with E-state index in [1.54, 1.807) is 19.2 Å². The zero-order valence-electron chi connectivity index (χ0n) is 15.3. The van der Waals surface area contributed by atoms with Crippen molar-refractivity contribution in [2.75, 3.05) is 34.0 Å². The average molecular weight is 487 g/mol. The topological polar surface area (TPSA) is 55.3 Å². The van der Waals surface area contributed by atoms with Crippen LogP contribution in [0.4, 0.5) is 4.39 Å². The Hall–Kier alpha value is -2.23. The lowest BCUT2D eigenvalue weighted by molar-refractivity contribution is 0.173. The third-order valence-electron chi connectivity index (χ3n) is 3.90. The highest BCUT2D eigenvalue weighted by Gasteiger charge is 2.13. The third-order valence-corrected chi connectivity index (χ3v) is 3.90. The van der Waals surface area contributed by atoms with Crippen molar-refractivity contribution >= 4 is 29.9 Å². The molecule has 2 aromatic carbocycles. The second kappa shape index (κ2) is 10.2. The molecule has 0 aromatic heterocycles. The number of fused-ring (bicyclic) bond motifs is 1. The number of nitrogens with zero attached hydrogens (tertiary/aromatic N) is 2. The summed E-state index contributed by atoms with van der Waals surface area (Å²) in [7, 11) is 3.65. The zero-order valence-corrected chi connectivity index (χ0v) is 17.6. The normalized spacial score (nSPS) is 12.3. The lowest BCUT2D eigenvalue weighted by atomic mass is 10.2. The molecule has 2 aromatic rings. The van der Waals surface area contributed by atoms with Crippen molar-refractivity contribution < 1.29 is 18.6 Å². The summed E-state index contributed by atoms with van der Waals surface area (Å²) in [5, 5.41) is 3.24. The predicted octanol–water partition coefficient (Wildman–Crippen LogP) is 3.26. The van der Waals surface area contributed by atoms with Gasteiger partial charge in [0.1, 0.15) is 18.2 Å². The molecule has 1 aliphatic heterocycles. The summed E-state index contributed by atoms with van der Waals surface area (Å²) in [6.07, 6.45) is 0. The maximum atomic E-state index is 13.0. The maximum absolute atomic E-state index is 13.0. The van der Waals surface area contributed by atoms with Crippen LogP contribution >= 0.6 is 24.0 Å². The van der Waals surface area contributed by atoms with Gasteiger partial charge in [-0.25, -0.2) is 4.39 Å². The first-order chi connectivity index (χ1) is 12.7. The van der Waals surface area contributed by atoms with Gasteiger partial charge in [-0.3, -0.25) is 4.99 Å². The molecule has 146 valence electrons. The van der Waals surface area contributed by atoms with Crippen LogP contribution in [0.15, 0.2) is 47.5 Å². The molecule has 27 heavy (non-hydrogen) atoms. The van der Waals surface area contributed by atoms with Crippen LogP contribution in [0.3, 0.4) is 0 Å². The lowest BCUT2D eigenvalue weighted by Crippen LogP contribution is -2.40. The minimum atomic E-state index is -0.237. The van der Waals surface area contributed by atoms with Crippen LogP contribution < -0.4 is 19.5 Å². The van der Waals surface area contributed by atoms with E-state index in [-0.39, 0.29) is 36.6 Å². The van der Waals surface area contributed by atoms with Crippen molar-refractivity contribution in [3.63, 3.8) is 0 Å². The van der Waals surface area contributed by atoms with E-state index < -0.39 is 0 Å². The highest BCUT2D eigenvalue weighted by Crippen LogP contribution is 2.34. The van der Waals surface area contributed by atoms with E-state index in [1.807, 2.05) is 30.1 Å². The Balaban J connectivity index is 0.00000261. The number of ether oxygens (including phenoxy) is 3. The van der Waals surface area contributed by atoms with Crippen molar-refractivity contribution in [1.82, 2.24) is 10.2 Å². The second-order valence-corrected chi connectivity index (χ2v) is 5.82. The number of hydrogen-bond acceptors (Lipinski definition) is 4. The van der Waals surface area contributed by atoms with Crippen molar-refractivity contribution in [2.45, 2.75) is 6.54 Å². The molecule has 0 saturated heterocycles. The molecule has 0 unspecified atom stereocenters. The summed E-state index contributed by atoms with van der Waals surface area (Å²) in [6.45, 7) is 1.94. The summed E-state index contributed by atoms with van der Waals surface area (Å²) in [5.74, 6) is 2.66. The van der Waals surface area contributed by atoms with Gasteiger partial charge in [-0.15, -0.1) is 24.0 Å². The van der Waals surface area contributed by atoms with Gasteiger partial charge in [0.25, 0.3) is 0 Å².